The van der Waals surface area contributed by atoms with Crippen molar-refractivity contribution in [1.29, 1.82) is 0 Å². The minimum Gasteiger partial charge on any atom is -0.306 e. The summed E-state index contributed by atoms with van der Waals surface area (Å²) in [5.41, 5.74) is 0.615. The summed E-state index contributed by atoms with van der Waals surface area (Å²) in [6, 6.07) is 5.50. The number of aryl methyl sites for hydroxylation is 1. The van der Waals surface area contributed by atoms with Crippen molar-refractivity contribution >= 4 is 27.3 Å². The van der Waals surface area contributed by atoms with Gasteiger partial charge in [0.1, 0.15) is 11.6 Å². The Morgan fingerprint density at radius 3 is 2.35 bits per heavy atom. The number of benzene rings is 1. The second-order valence-electron chi connectivity index (χ2n) is 4.64. The molecule has 1 unspecified atom stereocenters. The Balaban J connectivity index is 2.40. The van der Waals surface area contributed by atoms with E-state index in [1.807, 2.05) is 13.0 Å². The van der Waals surface area contributed by atoms with Crippen molar-refractivity contribution in [2.75, 3.05) is 6.54 Å². The fraction of sp³-hybridized carbons (Fsp3) is 0.333. The molecule has 1 nitrogen and oxygen atoms in total. The Morgan fingerprint density at radius 1 is 1.20 bits per heavy atom. The monoisotopic (exact) mass is 359 g/mol. The third-order valence-corrected chi connectivity index (χ3v) is 5.18. The van der Waals surface area contributed by atoms with Crippen LogP contribution in [-0.2, 0) is 0 Å². The number of hydrogen-bond donors (Lipinski definition) is 1. The first-order valence-electron chi connectivity index (χ1n) is 6.46. The van der Waals surface area contributed by atoms with Gasteiger partial charge in [-0.05, 0) is 59.6 Å². The lowest BCUT2D eigenvalue weighted by Gasteiger charge is -2.18. The summed E-state index contributed by atoms with van der Waals surface area (Å²) in [6.45, 7) is 4.87. The topological polar surface area (TPSA) is 12.0 Å². The van der Waals surface area contributed by atoms with Crippen molar-refractivity contribution in [2.45, 2.75) is 26.3 Å². The maximum atomic E-state index is 13.4. The summed E-state index contributed by atoms with van der Waals surface area (Å²) in [6.07, 6.45) is 0.958. The molecule has 0 radical (unpaired) electrons. The van der Waals surface area contributed by atoms with Crippen LogP contribution in [0.1, 0.15) is 34.7 Å². The average Bonchev–Trinajstić information content (AvgIpc) is 2.69. The molecule has 1 N–H and O–H groups in total. The summed E-state index contributed by atoms with van der Waals surface area (Å²) < 4.78 is 27.9. The van der Waals surface area contributed by atoms with E-state index in [4.69, 9.17) is 0 Å². The van der Waals surface area contributed by atoms with Crippen molar-refractivity contribution in [2.24, 2.45) is 0 Å². The zero-order valence-corrected chi connectivity index (χ0v) is 13.7. The maximum absolute atomic E-state index is 13.4. The Hall–Kier alpha value is -0.780. The third-order valence-electron chi connectivity index (χ3n) is 2.98. The number of nitrogens with one attached hydrogen (secondary N) is 1. The Kier molecular flexibility index (Phi) is 5.29. The van der Waals surface area contributed by atoms with Crippen molar-refractivity contribution in [3.63, 3.8) is 0 Å². The molecule has 1 aromatic carbocycles. The van der Waals surface area contributed by atoms with Gasteiger partial charge in [0.05, 0.1) is 6.04 Å². The largest absolute Gasteiger partial charge is 0.306 e. The number of halogens is 3. The molecule has 0 spiro atoms. The summed E-state index contributed by atoms with van der Waals surface area (Å²) in [7, 11) is 0. The van der Waals surface area contributed by atoms with Crippen LogP contribution in [0, 0.1) is 18.6 Å². The highest BCUT2D eigenvalue weighted by Gasteiger charge is 2.18. The highest BCUT2D eigenvalue weighted by Crippen LogP contribution is 2.34. The van der Waals surface area contributed by atoms with Crippen LogP contribution in [0.5, 0.6) is 0 Å². The number of rotatable bonds is 5. The molecular formula is C15H16BrF2NS. The molecule has 0 bridgehead atoms. The van der Waals surface area contributed by atoms with Gasteiger partial charge in [0.2, 0.25) is 0 Å². The smallest absolute Gasteiger partial charge is 0.126 e. The molecule has 0 saturated heterocycles. The van der Waals surface area contributed by atoms with E-state index in [-0.39, 0.29) is 6.04 Å². The van der Waals surface area contributed by atoms with Crippen LogP contribution in [0.15, 0.2) is 28.7 Å². The van der Waals surface area contributed by atoms with Crippen molar-refractivity contribution < 1.29 is 8.78 Å². The van der Waals surface area contributed by atoms with Crippen molar-refractivity contribution in [1.82, 2.24) is 5.32 Å². The van der Waals surface area contributed by atoms with E-state index in [1.165, 1.54) is 12.1 Å². The van der Waals surface area contributed by atoms with Crippen molar-refractivity contribution in [3.8, 4) is 0 Å². The molecule has 0 aliphatic rings. The molecule has 0 aliphatic carbocycles. The number of thiophene rings is 1. The molecule has 0 saturated carbocycles. The van der Waals surface area contributed by atoms with E-state index in [1.54, 1.807) is 11.3 Å². The Labute approximate surface area is 130 Å². The lowest BCUT2D eigenvalue weighted by atomic mass is 10.0. The van der Waals surface area contributed by atoms with Gasteiger partial charge in [0.25, 0.3) is 0 Å². The predicted molar refractivity (Wildman–Crippen MR) is 83.3 cm³/mol. The zero-order valence-electron chi connectivity index (χ0n) is 11.3. The van der Waals surface area contributed by atoms with Crippen molar-refractivity contribution in [3.05, 3.63) is 55.7 Å². The van der Waals surface area contributed by atoms with Gasteiger partial charge in [-0.3, -0.25) is 0 Å². The molecule has 1 aromatic heterocycles. The van der Waals surface area contributed by atoms with E-state index in [0.29, 0.717) is 5.56 Å². The van der Waals surface area contributed by atoms with Gasteiger partial charge in [0, 0.05) is 20.3 Å². The molecule has 2 rings (SSSR count). The van der Waals surface area contributed by atoms with Crippen LogP contribution in [0.2, 0.25) is 0 Å². The van der Waals surface area contributed by atoms with E-state index in [9.17, 15) is 8.78 Å². The second kappa shape index (κ2) is 6.78. The van der Waals surface area contributed by atoms with Crippen LogP contribution in [0.3, 0.4) is 0 Å². The van der Waals surface area contributed by atoms with Gasteiger partial charge in [0.15, 0.2) is 0 Å². The fourth-order valence-corrected chi connectivity index (χ4v) is 3.70. The minimum atomic E-state index is -0.546. The summed E-state index contributed by atoms with van der Waals surface area (Å²) in [4.78, 5) is 2.20. The van der Waals surface area contributed by atoms with Gasteiger partial charge in [-0.2, -0.15) is 0 Å². The summed E-state index contributed by atoms with van der Waals surface area (Å²) >= 11 is 5.11. The van der Waals surface area contributed by atoms with Crippen LogP contribution in [-0.4, -0.2) is 6.54 Å². The normalized spacial score (nSPS) is 12.7. The zero-order chi connectivity index (χ0) is 14.7. The van der Waals surface area contributed by atoms with Crippen LogP contribution < -0.4 is 5.32 Å². The van der Waals surface area contributed by atoms with Gasteiger partial charge >= 0.3 is 0 Å². The predicted octanol–water partition coefficient (Wildman–Crippen LogP) is 5.19. The molecule has 108 valence electrons. The van der Waals surface area contributed by atoms with E-state index < -0.39 is 11.6 Å². The minimum absolute atomic E-state index is 0.185. The molecule has 0 fully saturated rings. The van der Waals surface area contributed by atoms with E-state index >= 15 is 0 Å². The first kappa shape index (κ1) is 15.6. The van der Waals surface area contributed by atoms with Gasteiger partial charge in [-0.1, -0.05) is 6.92 Å². The first-order valence-corrected chi connectivity index (χ1v) is 8.07. The lowest BCUT2D eigenvalue weighted by molar-refractivity contribution is 0.561. The van der Waals surface area contributed by atoms with E-state index in [2.05, 4.69) is 28.2 Å². The van der Waals surface area contributed by atoms with Gasteiger partial charge in [-0.15, -0.1) is 11.3 Å². The third kappa shape index (κ3) is 3.65. The molecule has 1 atom stereocenters. The molecule has 5 heteroatoms. The molecule has 20 heavy (non-hydrogen) atoms. The highest BCUT2D eigenvalue weighted by molar-refractivity contribution is 9.10. The maximum Gasteiger partial charge on any atom is 0.126 e. The van der Waals surface area contributed by atoms with Crippen LogP contribution in [0.4, 0.5) is 8.78 Å². The highest BCUT2D eigenvalue weighted by atomic mass is 79.9. The van der Waals surface area contributed by atoms with Crippen LogP contribution >= 0.6 is 27.3 Å². The Morgan fingerprint density at radius 2 is 1.85 bits per heavy atom. The quantitative estimate of drug-likeness (QED) is 0.774. The fourth-order valence-electron chi connectivity index (χ4n) is 2.04. The molecule has 0 aliphatic heterocycles. The molecule has 0 amide bonds. The number of hydrogen-bond acceptors (Lipinski definition) is 2. The summed E-state index contributed by atoms with van der Waals surface area (Å²) in [5.74, 6) is -1.09. The second-order valence-corrected chi connectivity index (χ2v) is 6.79. The molecule has 1 heterocycles. The molecule has 2 aromatic rings. The van der Waals surface area contributed by atoms with Gasteiger partial charge in [-0.25, -0.2) is 8.78 Å². The Bertz CT molecular complexity index is 558. The lowest BCUT2D eigenvalue weighted by Crippen LogP contribution is -2.22. The standard InChI is InChI=1S/C15H16BrF2NS/c1-3-4-19-15(14-8-13(16)9(2)20-14)10-5-11(17)7-12(18)6-10/h5-8,15,19H,3-4H2,1-2H3. The first-order chi connectivity index (χ1) is 9.51. The SMILES string of the molecule is CCCNC(c1cc(F)cc(F)c1)c1cc(Br)c(C)s1. The average molecular weight is 360 g/mol. The van der Waals surface area contributed by atoms with E-state index in [0.717, 1.165) is 33.3 Å². The van der Waals surface area contributed by atoms with Gasteiger partial charge < -0.3 is 5.32 Å². The van der Waals surface area contributed by atoms with Crippen LogP contribution in [0.25, 0.3) is 0 Å². The molecular weight excluding hydrogens is 344 g/mol. The summed E-state index contributed by atoms with van der Waals surface area (Å²) in [5, 5.41) is 3.35.